The Hall–Kier alpha value is -2.11. The first kappa shape index (κ1) is 8.49. The molecule has 0 saturated carbocycles. The highest BCUT2D eigenvalue weighted by Gasteiger charge is 2.12. The van der Waals surface area contributed by atoms with Crippen molar-refractivity contribution in [2.75, 3.05) is 0 Å². The van der Waals surface area contributed by atoms with Gasteiger partial charge in [-0.15, -0.1) is 0 Å². The number of amidine groups is 1. The third kappa shape index (κ3) is 1.08. The molecule has 0 spiro atoms. The number of aromatic nitrogens is 2. The molecule has 0 fully saturated rings. The van der Waals surface area contributed by atoms with Gasteiger partial charge in [0.1, 0.15) is 5.82 Å². The molecule has 6 heteroatoms. The molecule has 0 amide bonds. The van der Waals surface area contributed by atoms with E-state index in [0.717, 1.165) is 0 Å². The molecule has 14 heavy (non-hydrogen) atoms. The molecule has 0 aliphatic rings. The molecule has 1 heterocycles. The van der Waals surface area contributed by atoms with Gasteiger partial charge < -0.3 is 10.9 Å². The predicted molar refractivity (Wildman–Crippen MR) is 48.6 cm³/mol. The SMILES string of the molecule is N/C(=N\O)c1c(F)ccc2[nH]ncc12. The molecule has 1 aromatic carbocycles. The Morgan fingerprint density at radius 1 is 1.57 bits per heavy atom. The van der Waals surface area contributed by atoms with E-state index in [2.05, 4.69) is 15.4 Å². The molecule has 0 aliphatic carbocycles. The summed E-state index contributed by atoms with van der Waals surface area (Å²) >= 11 is 0. The van der Waals surface area contributed by atoms with Gasteiger partial charge in [0.25, 0.3) is 0 Å². The molecule has 0 aliphatic heterocycles. The second-order valence-corrected chi connectivity index (χ2v) is 2.74. The van der Waals surface area contributed by atoms with Crippen LogP contribution in [0.1, 0.15) is 5.56 Å². The zero-order valence-electron chi connectivity index (χ0n) is 7.03. The number of hydrogen-bond acceptors (Lipinski definition) is 3. The van der Waals surface area contributed by atoms with Gasteiger partial charge >= 0.3 is 0 Å². The van der Waals surface area contributed by atoms with Crippen LogP contribution >= 0.6 is 0 Å². The Kier molecular flexibility index (Phi) is 1.81. The number of benzene rings is 1. The topological polar surface area (TPSA) is 87.3 Å². The highest BCUT2D eigenvalue weighted by atomic mass is 19.1. The van der Waals surface area contributed by atoms with E-state index in [1.165, 1.54) is 18.3 Å². The number of oxime groups is 1. The summed E-state index contributed by atoms with van der Waals surface area (Å²) < 4.78 is 13.3. The van der Waals surface area contributed by atoms with E-state index in [4.69, 9.17) is 10.9 Å². The van der Waals surface area contributed by atoms with E-state index in [9.17, 15) is 4.39 Å². The molecule has 0 bridgehead atoms. The van der Waals surface area contributed by atoms with Crippen LogP contribution in [-0.4, -0.2) is 21.2 Å². The number of nitrogens with zero attached hydrogens (tertiary/aromatic N) is 2. The minimum Gasteiger partial charge on any atom is -0.409 e. The summed E-state index contributed by atoms with van der Waals surface area (Å²) in [5.41, 5.74) is 6.03. The van der Waals surface area contributed by atoms with Crippen LogP contribution in [0.5, 0.6) is 0 Å². The van der Waals surface area contributed by atoms with Crippen molar-refractivity contribution in [3.8, 4) is 0 Å². The summed E-state index contributed by atoms with van der Waals surface area (Å²) in [6.45, 7) is 0. The largest absolute Gasteiger partial charge is 0.409 e. The minimum atomic E-state index is -0.547. The lowest BCUT2D eigenvalue weighted by atomic mass is 10.1. The fourth-order valence-corrected chi connectivity index (χ4v) is 1.30. The third-order valence-corrected chi connectivity index (χ3v) is 1.94. The van der Waals surface area contributed by atoms with Gasteiger partial charge in [0, 0.05) is 5.39 Å². The number of halogens is 1. The summed E-state index contributed by atoms with van der Waals surface area (Å²) in [7, 11) is 0. The van der Waals surface area contributed by atoms with Gasteiger partial charge in [0.15, 0.2) is 5.84 Å². The smallest absolute Gasteiger partial charge is 0.173 e. The van der Waals surface area contributed by atoms with Gasteiger partial charge in [-0.2, -0.15) is 5.10 Å². The monoisotopic (exact) mass is 194 g/mol. The normalized spacial score (nSPS) is 12.2. The Morgan fingerprint density at radius 2 is 2.36 bits per heavy atom. The van der Waals surface area contributed by atoms with Crippen molar-refractivity contribution >= 4 is 16.7 Å². The molecule has 0 radical (unpaired) electrons. The number of hydrogen-bond donors (Lipinski definition) is 3. The van der Waals surface area contributed by atoms with Gasteiger partial charge in [0.05, 0.1) is 17.3 Å². The number of fused-ring (bicyclic) bond motifs is 1. The van der Waals surface area contributed by atoms with Crippen LogP contribution in [0.25, 0.3) is 10.9 Å². The zero-order valence-corrected chi connectivity index (χ0v) is 7.03. The summed E-state index contributed by atoms with van der Waals surface area (Å²) in [6, 6.07) is 2.76. The minimum absolute atomic E-state index is 0.0544. The number of nitrogens with two attached hydrogens (primary N) is 1. The van der Waals surface area contributed by atoms with Crippen molar-refractivity contribution in [3.63, 3.8) is 0 Å². The molecule has 5 nitrogen and oxygen atoms in total. The lowest BCUT2D eigenvalue weighted by Gasteiger charge is -2.01. The summed E-state index contributed by atoms with van der Waals surface area (Å²) in [5.74, 6) is -0.816. The van der Waals surface area contributed by atoms with Gasteiger partial charge in [0.2, 0.25) is 0 Å². The standard InChI is InChI=1S/C8H7FN4O/c9-5-1-2-6-4(3-11-12-6)7(5)8(10)13-14/h1-3,14H,(H2,10,13)(H,11,12). The fourth-order valence-electron chi connectivity index (χ4n) is 1.30. The van der Waals surface area contributed by atoms with Gasteiger partial charge in [-0.3, -0.25) is 5.10 Å². The van der Waals surface area contributed by atoms with Crippen LogP contribution in [0.4, 0.5) is 4.39 Å². The Labute approximate surface area is 78.0 Å². The van der Waals surface area contributed by atoms with Crippen molar-refractivity contribution in [1.29, 1.82) is 0 Å². The van der Waals surface area contributed by atoms with Crippen LogP contribution in [0.3, 0.4) is 0 Å². The number of rotatable bonds is 1. The molecule has 0 atom stereocenters. The van der Waals surface area contributed by atoms with Crippen molar-refractivity contribution in [2.24, 2.45) is 10.9 Å². The van der Waals surface area contributed by atoms with E-state index in [0.29, 0.717) is 10.9 Å². The number of nitrogens with one attached hydrogen (secondary N) is 1. The number of aromatic amines is 1. The average molecular weight is 194 g/mol. The van der Waals surface area contributed by atoms with E-state index in [1.54, 1.807) is 0 Å². The first-order valence-corrected chi connectivity index (χ1v) is 3.83. The molecular formula is C8H7FN4O. The van der Waals surface area contributed by atoms with Crippen molar-refractivity contribution in [2.45, 2.75) is 0 Å². The van der Waals surface area contributed by atoms with Crippen molar-refractivity contribution in [3.05, 3.63) is 29.7 Å². The van der Waals surface area contributed by atoms with Crippen molar-refractivity contribution < 1.29 is 9.60 Å². The van der Waals surface area contributed by atoms with Gasteiger partial charge in [-0.05, 0) is 12.1 Å². The Balaban J connectivity index is 2.83. The Morgan fingerprint density at radius 3 is 3.07 bits per heavy atom. The summed E-state index contributed by atoms with van der Waals surface area (Å²) in [5, 5.41) is 18.1. The highest BCUT2D eigenvalue weighted by Crippen LogP contribution is 2.19. The molecular weight excluding hydrogens is 187 g/mol. The predicted octanol–water partition coefficient (Wildman–Crippen LogP) is 0.796. The van der Waals surface area contributed by atoms with E-state index >= 15 is 0 Å². The lowest BCUT2D eigenvalue weighted by Crippen LogP contribution is -2.15. The molecule has 2 aromatic rings. The molecule has 4 N–H and O–H groups in total. The summed E-state index contributed by atoms with van der Waals surface area (Å²) in [4.78, 5) is 0. The fraction of sp³-hybridized carbons (Fsp3) is 0. The first-order chi connectivity index (χ1) is 6.74. The highest BCUT2D eigenvalue weighted by molar-refractivity contribution is 6.08. The van der Waals surface area contributed by atoms with Crippen LogP contribution in [0.2, 0.25) is 0 Å². The quantitative estimate of drug-likeness (QED) is 0.271. The first-order valence-electron chi connectivity index (χ1n) is 3.83. The van der Waals surface area contributed by atoms with Crippen LogP contribution in [-0.2, 0) is 0 Å². The molecule has 0 unspecified atom stereocenters. The molecule has 0 saturated heterocycles. The maximum atomic E-state index is 13.3. The second-order valence-electron chi connectivity index (χ2n) is 2.74. The van der Waals surface area contributed by atoms with Crippen molar-refractivity contribution in [1.82, 2.24) is 10.2 Å². The van der Waals surface area contributed by atoms with E-state index in [1.807, 2.05) is 0 Å². The average Bonchev–Trinajstić information content (AvgIpc) is 2.64. The van der Waals surface area contributed by atoms with Gasteiger partial charge in [-0.1, -0.05) is 5.16 Å². The van der Waals surface area contributed by atoms with Crippen LogP contribution < -0.4 is 5.73 Å². The molecule has 2 rings (SSSR count). The van der Waals surface area contributed by atoms with Crippen LogP contribution in [0.15, 0.2) is 23.5 Å². The second kappa shape index (κ2) is 2.99. The van der Waals surface area contributed by atoms with Gasteiger partial charge in [-0.25, -0.2) is 4.39 Å². The molecule has 1 aromatic heterocycles. The number of H-pyrrole nitrogens is 1. The van der Waals surface area contributed by atoms with E-state index in [-0.39, 0.29) is 11.4 Å². The Bertz CT molecular complexity index is 505. The van der Waals surface area contributed by atoms with E-state index < -0.39 is 5.82 Å². The molecule has 72 valence electrons. The van der Waals surface area contributed by atoms with Crippen LogP contribution in [0, 0.1) is 5.82 Å². The summed E-state index contributed by atoms with van der Waals surface area (Å²) in [6.07, 6.45) is 1.42. The third-order valence-electron chi connectivity index (χ3n) is 1.94. The maximum Gasteiger partial charge on any atom is 0.173 e. The lowest BCUT2D eigenvalue weighted by molar-refractivity contribution is 0.318. The maximum absolute atomic E-state index is 13.3. The zero-order chi connectivity index (χ0) is 10.1.